The van der Waals surface area contributed by atoms with E-state index in [4.69, 9.17) is 13.9 Å². The number of ether oxygens (including phenoxy) is 2. The average molecular weight is 450 g/mol. The van der Waals surface area contributed by atoms with Crippen molar-refractivity contribution in [2.24, 2.45) is 0 Å². The average Bonchev–Trinajstić information content (AvgIpc) is 2.72. The van der Waals surface area contributed by atoms with Gasteiger partial charge in [-0.15, -0.1) is 0 Å². The van der Waals surface area contributed by atoms with Gasteiger partial charge in [0.1, 0.15) is 40.8 Å². The first kappa shape index (κ1) is 21.5. The van der Waals surface area contributed by atoms with Crippen molar-refractivity contribution < 1.29 is 54.7 Å². The molecule has 0 aliphatic carbocycles. The van der Waals surface area contributed by atoms with Gasteiger partial charge in [0.2, 0.25) is 17.5 Å². The Kier molecular flexibility index (Phi) is 5.22. The van der Waals surface area contributed by atoms with Gasteiger partial charge in [-0.05, 0) is 12.1 Å². The molecule has 4 unspecified atom stereocenters. The fourth-order valence-electron chi connectivity index (χ4n) is 3.30. The zero-order valence-electron chi connectivity index (χ0n) is 16.0. The van der Waals surface area contributed by atoms with E-state index in [0.717, 1.165) is 24.3 Å². The number of hydrogen-bond acceptors (Lipinski definition) is 12. The van der Waals surface area contributed by atoms with Crippen LogP contribution in [0, 0.1) is 0 Å². The summed E-state index contributed by atoms with van der Waals surface area (Å²) in [7, 11) is 0. The van der Waals surface area contributed by atoms with Gasteiger partial charge in [-0.1, -0.05) is 0 Å². The van der Waals surface area contributed by atoms with Gasteiger partial charge in [-0.25, -0.2) is 0 Å². The Morgan fingerprint density at radius 3 is 2.19 bits per heavy atom. The number of aliphatic hydroxyl groups excluding tert-OH is 3. The maximum atomic E-state index is 13.2. The van der Waals surface area contributed by atoms with Crippen molar-refractivity contribution in [1.82, 2.24) is 0 Å². The summed E-state index contributed by atoms with van der Waals surface area (Å²) in [4.78, 5) is 13.2. The molecule has 1 aliphatic heterocycles. The maximum Gasteiger partial charge on any atom is 0.239 e. The molecule has 1 saturated heterocycles. The predicted molar refractivity (Wildman–Crippen MR) is 105 cm³/mol. The second-order valence-corrected chi connectivity index (χ2v) is 7.16. The fraction of sp³-hybridized carbons (Fsp3) is 0.250. The summed E-state index contributed by atoms with van der Waals surface area (Å²) >= 11 is 0. The molecule has 2 heterocycles. The van der Waals surface area contributed by atoms with Gasteiger partial charge < -0.3 is 54.7 Å². The number of phenolic OH excluding ortho intramolecular Hbond substituents is 5. The molecule has 0 spiro atoms. The molecule has 1 fully saturated rings. The molecule has 0 radical (unpaired) electrons. The Hall–Kier alpha value is -3.71. The molecule has 1 aromatic heterocycles. The minimum absolute atomic E-state index is 0.166. The van der Waals surface area contributed by atoms with Crippen LogP contribution >= 0.6 is 0 Å². The van der Waals surface area contributed by atoms with E-state index in [1.165, 1.54) is 0 Å². The molecule has 0 bridgehead atoms. The Balaban J connectivity index is 1.95. The molecule has 0 saturated carbocycles. The smallest absolute Gasteiger partial charge is 0.239 e. The van der Waals surface area contributed by atoms with Crippen LogP contribution in [0.15, 0.2) is 33.5 Å². The fourth-order valence-corrected chi connectivity index (χ4v) is 3.30. The Labute approximate surface area is 178 Å². The molecule has 3 aromatic rings. The molecule has 1 aliphatic rings. The maximum absolute atomic E-state index is 13.2. The van der Waals surface area contributed by atoms with Crippen LogP contribution in [0.5, 0.6) is 34.5 Å². The second kappa shape index (κ2) is 7.76. The number of phenols is 5. The quantitative estimate of drug-likeness (QED) is 0.244. The first-order valence-corrected chi connectivity index (χ1v) is 9.19. The summed E-state index contributed by atoms with van der Waals surface area (Å²) in [5, 5.41) is 78.4. The van der Waals surface area contributed by atoms with Crippen LogP contribution in [0.25, 0.3) is 22.3 Å². The molecule has 4 rings (SSSR count). The molecule has 32 heavy (non-hydrogen) atoms. The van der Waals surface area contributed by atoms with E-state index < -0.39 is 82.3 Å². The minimum Gasteiger partial charge on any atom is -0.508 e. The normalized spacial score (nSPS) is 23.3. The van der Waals surface area contributed by atoms with Crippen LogP contribution in [0.1, 0.15) is 0 Å². The summed E-state index contributed by atoms with van der Waals surface area (Å²) in [5.41, 5.74) is -1.44. The van der Waals surface area contributed by atoms with Crippen molar-refractivity contribution in [2.45, 2.75) is 24.6 Å². The van der Waals surface area contributed by atoms with Gasteiger partial charge in [0.25, 0.3) is 0 Å². The van der Waals surface area contributed by atoms with E-state index in [2.05, 4.69) is 0 Å². The van der Waals surface area contributed by atoms with Crippen molar-refractivity contribution in [3.8, 4) is 45.8 Å². The standard InChI is InChI=1S/C20H18O12/c21-7-3-8(22)13-12(4-7)31-18(6-1-9(23)14(26)10(24)2-6)19(16(13)28)32-20-17(29)15(27)11(25)5-30-20/h1-4,11,15,17,20-27,29H,5H2. The van der Waals surface area contributed by atoms with Crippen molar-refractivity contribution in [2.75, 3.05) is 6.61 Å². The number of aromatic hydroxyl groups is 5. The third-order valence-corrected chi connectivity index (χ3v) is 4.94. The van der Waals surface area contributed by atoms with Crippen LogP contribution in [-0.4, -0.2) is 72.1 Å². The lowest BCUT2D eigenvalue weighted by atomic mass is 10.1. The molecular weight excluding hydrogens is 432 g/mol. The van der Waals surface area contributed by atoms with Gasteiger partial charge in [0.15, 0.2) is 23.0 Å². The van der Waals surface area contributed by atoms with Crippen LogP contribution in [0.4, 0.5) is 0 Å². The number of benzene rings is 2. The van der Waals surface area contributed by atoms with Crippen LogP contribution in [-0.2, 0) is 4.74 Å². The summed E-state index contributed by atoms with van der Waals surface area (Å²) < 4.78 is 16.2. The second-order valence-electron chi connectivity index (χ2n) is 7.16. The van der Waals surface area contributed by atoms with Gasteiger partial charge in [-0.2, -0.15) is 0 Å². The van der Waals surface area contributed by atoms with E-state index in [1.807, 2.05) is 0 Å². The molecule has 0 amide bonds. The highest BCUT2D eigenvalue weighted by Crippen LogP contribution is 2.42. The van der Waals surface area contributed by atoms with Crippen LogP contribution < -0.4 is 10.2 Å². The van der Waals surface area contributed by atoms with Crippen molar-refractivity contribution in [1.29, 1.82) is 0 Å². The van der Waals surface area contributed by atoms with Crippen LogP contribution in [0.2, 0.25) is 0 Å². The molecule has 12 nitrogen and oxygen atoms in total. The molecule has 8 N–H and O–H groups in total. The third kappa shape index (κ3) is 3.50. The highest BCUT2D eigenvalue weighted by Gasteiger charge is 2.40. The highest BCUT2D eigenvalue weighted by molar-refractivity contribution is 5.88. The van der Waals surface area contributed by atoms with Gasteiger partial charge >= 0.3 is 0 Å². The SMILES string of the molecule is O=c1c(OC2OCC(O)C(O)C2O)c(-c2cc(O)c(O)c(O)c2)oc2cc(O)cc(O)c12. The van der Waals surface area contributed by atoms with E-state index in [0.29, 0.717) is 0 Å². The van der Waals surface area contributed by atoms with E-state index in [9.17, 15) is 45.6 Å². The molecule has 12 heteroatoms. The van der Waals surface area contributed by atoms with E-state index in [1.54, 1.807) is 0 Å². The van der Waals surface area contributed by atoms with Crippen molar-refractivity contribution in [3.63, 3.8) is 0 Å². The van der Waals surface area contributed by atoms with E-state index >= 15 is 0 Å². The number of fused-ring (bicyclic) bond motifs is 1. The molecule has 170 valence electrons. The van der Waals surface area contributed by atoms with Crippen LogP contribution in [0.3, 0.4) is 0 Å². The van der Waals surface area contributed by atoms with Gasteiger partial charge in [0.05, 0.1) is 6.61 Å². The predicted octanol–water partition coefficient (Wildman–Crippen LogP) is -0.194. The minimum atomic E-state index is -1.78. The summed E-state index contributed by atoms with van der Waals surface area (Å²) in [6.45, 7) is -0.433. The largest absolute Gasteiger partial charge is 0.508 e. The number of hydrogen-bond donors (Lipinski definition) is 8. The lowest BCUT2D eigenvalue weighted by Crippen LogP contribution is -2.55. The molecular formula is C20H18O12. The summed E-state index contributed by atoms with van der Waals surface area (Å²) in [5.74, 6) is -4.54. The monoisotopic (exact) mass is 450 g/mol. The Morgan fingerprint density at radius 2 is 1.53 bits per heavy atom. The molecule has 2 aromatic carbocycles. The Bertz CT molecular complexity index is 1230. The van der Waals surface area contributed by atoms with Gasteiger partial charge in [0, 0.05) is 17.7 Å². The summed E-state index contributed by atoms with van der Waals surface area (Å²) in [6, 6.07) is 3.78. The first-order valence-electron chi connectivity index (χ1n) is 9.19. The van der Waals surface area contributed by atoms with Crippen molar-refractivity contribution in [3.05, 3.63) is 34.5 Å². The van der Waals surface area contributed by atoms with Crippen molar-refractivity contribution >= 4 is 11.0 Å². The highest BCUT2D eigenvalue weighted by atomic mass is 16.7. The molecule has 4 atom stereocenters. The lowest BCUT2D eigenvalue weighted by Gasteiger charge is -2.34. The van der Waals surface area contributed by atoms with E-state index in [-0.39, 0.29) is 11.1 Å². The zero-order chi connectivity index (χ0) is 23.3. The number of aliphatic hydroxyl groups is 3. The summed E-state index contributed by atoms with van der Waals surface area (Å²) in [6.07, 6.45) is -6.49. The van der Waals surface area contributed by atoms with Gasteiger partial charge in [-0.3, -0.25) is 4.79 Å². The Morgan fingerprint density at radius 1 is 0.875 bits per heavy atom. The lowest BCUT2D eigenvalue weighted by molar-refractivity contribution is -0.242. The topological polar surface area (TPSA) is 211 Å². The number of rotatable bonds is 3. The third-order valence-electron chi connectivity index (χ3n) is 4.94. The zero-order valence-corrected chi connectivity index (χ0v) is 16.0. The first-order chi connectivity index (χ1) is 15.1.